The zero-order valence-corrected chi connectivity index (χ0v) is 20.7. The van der Waals surface area contributed by atoms with Crippen LogP contribution in [0.3, 0.4) is 0 Å². The second-order valence-corrected chi connectivity index (χ2v) is 10.9. The molecule has 2 aromatic rings. The van der Waals surface area contributed by atoms with E-state index in [2.05, 4.69) is 25.7 Å². The average Bonchev–Trinajstić information content (AvgIpc) is 3.14. The third-order valence-electron chi connectivity index (χ3n) is 7.78. The maximum absolute atomic E-state index is 11.6. The van der Waals surface area contributed by atoms with Crippen molar-refractivity contribution in [3.8, 4) is 0 Å². The van der Waals surface area contributed by atoms with Crippen LogP contribution in [0.5, 0.6) is 0 Å². The Morgan fingerprint density at radius 1 is 1.24 bits per heavy atom. The van der Waals surface area contributed by atoms with Crippen LogP contribution in [0.25, 0.3) is 0 Å². The first-order chi connectivity index (χ1) is 15.9. The largest absolute Gasteiger partial charge is 0.408 e. The predicted molar refractivity (Wildman–Crippen MR) is 130 cm³/mol. The van der Waals surface area contributed by atoms with Crippen molar-refractivity contribution in [2.45, 2.75) is 69.7 Å². The molecule has 2 saturated carbocycles. The normalized spacial score (nSPS) is 20.7. The van der Waals surface area contributed by atoms with E-state index in [1.807, 2.05) is 19.1 Å². The maximum atomic E-state index is 11.6. The van der Waals surface area contributed by atoms with Crippen LogP contribution in [0.15, 0.2) is 16.5 Å². The van der Waals surface area contributed by atoms with Crippen molar-refractivity contribution in [3.63, 3.8) is 0 Å². The topological polar surface area (TPSA) is 83.3 Å². The Labute approximate surface area is 204 Å². The molecule has 1 aromatic carbocycles. The summed E-state index contributed by atoms with van der Waals surface area (Å²) < 4.78 is 5.90. The number of amides is 1. The number of benzene rings is 1. The van der Waals surface area contributed by atoms with Gasteiger partial charge in [0.25, 0.3) is 0 Å². The number of carbonyl (C=O) groups excluding carboxylic acids is 1. The van der Waals surface area contributed by atoms with Gasteiger partial charge in [-0.3, -0.25) is 4.79 Å². The standard InChI is InChI=1S/C24H31Cl2N5O2/c1-14(4-5-20(32)27-2)21-18(25)8-17(9-19(21)26)31-12-16(13-31)28-23-30-29-22(33-23)15-10-24(11-15)6-3-7-24/h8-9,14-16H,3-7,10-13H2,1-2H3,(H,27,32)(H,28,30). The second kappa shape index (κ2) is 8.99. The Kier molecular flexibility index (Phi) is 6.21. The molecule has 1 aromatic heterocycles. The number of hydrogen-bond acceptors (Lipinski definition) is 6. The van der Waals surface area contributed by atoms with Crippen molar-refractivity contribution in [2.24, 2.45) is 5.41 Å². The van der Waals surface area contributed by atoms with E-state index in [1.165, 1.54) is 32.1 Å². The van der Waals surface area contributed by atoms with Gasteiger partial charge < -0.3 is 20.0 Å². The van der Waals surface area contributed by atoms with Crippen LogP contribution in [-0.4, -0.2) is 42.3 Å². The summed E-state index contributed by atoms with van der Waals surface area (Å²) in [5.74, 6) is 1.34. The summed E-state index contributed by atoms with van der Waals surface area (Å²) >= 11 is 13.2. The zero-order chi connectivity index (χ0) is 23.2. The summed E-state index contributed by atoms with van der Waals surface area (Å²) in [5, 5.41) is 15.8. The Bertz CT molecular complexity index is 1000. The van der Waals surface area contributed by atoms with Crippen molar-refractivity contribution in [1.82, 2.24) is 15.5 Å². The van der Waals surface area contributed by atoms with Gasteiger partial charge in [0.05, 0.1) is 6.04 Å². The van der Waals surface area contributed by atoms with E-state index in [4.69, 9.17) is 27.6 Å². The monoisotopic (exact) mass is 491 g/mol. The van der Waals surface area contributed by atoms with E-state index in [9.17, 15) is 4.79 Å². The number of anilines is 2. The minimum atomic E-state index is 0.0215. The average molecular weight is 492 g/mol. The fourth-order valence-electron chi connectivity index (χ4n) is 5.50. The molecule has 1 amide bonds. The molecular formula is C24H31Cl2N5O2. The van der Waals surface area contributed by atoms with Crippen molar-refractivity contribution in [1.29, 1.82) is 0 Å². The summed E-state index contributed by atoms with van der Waals surface area (Å²) in [4.78, 5) is 13.8. The van der Waals surface area contributed by atoms with E-state index in [0.717, 1.165) is 30.2 Å². The first kappa shape index (κ1) is 22.8. The summed E-state index contributed by atoms with van der Waals surface area (Å²) in [6.07, 6.45) is 7.65. The number of hydrogen-bond donors (Lipinski definition) is 2. The van der Waals surface area contributed by atoms with Gasteiger partial charge in [-0.25, -0.2) is 0 Å². The van der Waals surface area contributed by atoms with Crippen LogP contribution in [-0.2, 0) is 4.79 Å². The van der Waals surface area contributed by atoms with Gasteiger partial charge in [0.15, 0.2) is 0 Å². The maximum Gasteiger partial charge on any atom is 0.315 e. The number of nitrogens with one attached hydrogen (secondary N) is 2. The summed E-state index contributed by atoms with van der Waals surface area (Å²) in [6, 6.07) is 4.68. The van der Waals surface area contributed by atoms with E-state index >= 15 is 0 Å². The molecule has 1 aliphatic heterocycles. The third-order valence-corrected chi connectivity index (χ3v) is 8.40. The first-order valence-corrected chi connectivity index (χ1v) is 12.7. The second-order valence-electron chi connectivity index (χ2n) is 10.1. The van der Waals surface area contributed by atoms with Crippen molar-refractivity contribution < 1.29 is 9.21 Å². The van der Waals surface area contributed by atoms with E-state index in [-0.39, 0.29) is 17.9 Å². The predicted octanol–water partition coefficient (Wildman–Crippen LogP) is 5.35. The van der Waals surface area contributed by atoms with Crippen molar-refractivity contribution in [3.05, 3.63) is 33.6 Å². The molecule has 0 bridgehead atoms. The van der Waals surface area contributed by atoms with E-state index in [1.54, 1.807) is 7.05 Å². The molecule has 0 radical (unpaired) electrons. The molecule has 7 nitrogen and oxygen atoms in total. The molecule has 33 heavy (non-hydrogen) atoms. The Balaban J connectivity index is 1.13. The Morgan fingerprint density at radius 3 is 2.55 bits per heavy atom. The van der Waals surface area contributed by atoms with Crippen LogP contribution < -0.4 is 15.5 Å². The highest BCUT2D eigenvalue weighted by Crippen LogP contribution is 2.61. The lowest BCUT2D eigenvalue weighted by atomic mass is 9.52. The highest BCUT2D eigenvalue weighted by Gasteiger charge is 2.50. The molecule has 178 valence electrons. The molecule has 1 unspecified atom stereocenters. The summed E-state index contributed by atoms with van der Waals surface area (Å²) in [5.41, 5.74) is 2.50. The SMILES string of the molecule is CNC(=O)CCC(C)c1c(Cl)cc(N2CC(Nc3nnc(C4CC5(CCC5)C4)o3)C2)cc1Cl. The quantitative estimate of drug-likeness (QED) is 0.517. The fourth-order valence-corrected chi connectivity index (χ4v) is 6.35. The first-order valence-electron chi connectivity index (χ1n) is 11.9. The van der Waals surface area contributed by atoms with Gasteiger partial charge in [-0.2, -0.15) is 0 Å². The van der Waals surface area contributed by atoms with Gasteiger partial charge in [-0.05, 0) is 61.1 Å². The Morgan fingerprint density at radius 2 is 1.94 bits per heavy atom. The summed E-state index contributed by atoms with van der Waals surface area (Å²) in [7, 11) is 1.65. The number of aromatic nitrogens is 2. The molecule has 2 heterocycles. The lowest BCUT2D eigenvalue weighted by Gasteiger charge is -2.53. The van der Waals surface area contributed by atoms with E-state index < -0.39 is 0 Å². The van der Waals surface area contributed by atoms with Crippen LogP contribution >= 0.6 is 23.2 Å². The molecule has 9 heteroatoms. The molecule has 2 N–H and O–H groups in total. The number of halogens is 2. The van der Waals surface area contributed by atoms with Gasteiger partial charge in [0, 0.05) is 48.2 Å². The molecule has 3 aliphatic rings. The number of carbonyl (C=O) groups is 1. The van der Waals surface area contributed by atoms with E-state index in [0.29, 0.717) is 40.2 Å². The molecule has 5 rings (SSSR count). The minimum absolute atomic E-state index is 0.0215. The van der Waals surface area contributed by atoms with Gasteiger partial charge in [0.1, 0.15) is 0 Å². The summed E-state index contributed by atoms with van der Waals surface area (Å²) in [6.45, 7) is 3.67. The molecular weight excluding hydrogens is 461 g/mol. The molecule has 1 spiro atoms. The van der Waals surface area contributed by atoms with Gasteiger partial charge in [0.2, 0.25) is 11.8 Å². The lowest BCUT2D eigenvalue weighted by molar-refractivity contribution is -0.120. The number of nitrogens with zero attached hydrogens (tertiary/aromatic N) is 3. The highest BCUT2D eigenvalue weighted by molar-refractivity contribution is 6.36. The van der Waals surface area contributed by atoms with Gasteiger partial charge in [-0.1, -0.05) is 41.6 Å². The molecule has 1 atom stereocenters. The number of rotatable bonds is 8. The third kappa shape index (κ3) is 4.54. The van der Waals surface area contributed by atoms with Crippen LogP contribution in [0.1, 0.15) is 75.2 Å². The van der Waals surface area contributed by atoms with Crippen LogP contribution in [0.2, 0.25) is 10.0 Å². The smallest absolute Gasteiger partial charge is 0.315 e. The lowest BCUT2D eigenvalue weighted by Crippen LogP contribution is -2.55. The fraction of sp³-hybridized carbons (Fsp3) is 0.625. The van der Waals surface area contributed by atoms with Crippen molar-refractivity contribution in [2.75, 3.05) is 30.4 Å². The zero-order valence-electron chi connectivity index (χ0n) is 19.2. The van der Waals surface area contributed by atoms with Crippen LogP contribution in [0, 0.1) is 5.41 Å². The van der Waals surface area contributed by atoms with Gasteiger partial charge >= 0.3 is 6.01 Å². The molecule has 2 aliphatic carbocycles. The van der Waals surface area contributed by atoms with Crippen LogP contribution in [0.4, 0.5) is 11.7 Å². The molecule has 1 saturated heterocycles. The van der Waals surface area contributed by atoms with Gasteiger partial charge in [-0.15, -0.1) is 5.10 Å². The Hall–Kier alpha value is -1.99. The molecule has 3 fully saturated rings. The van der Waals surface area contributed by atoms with Crippen molar-refractivity contribution >= 4 is 40.8 Å². The minimum Gasteiger partial charge on any atom is -0.408 e. The highest BCUT2D eigenvalue weighted by atomic mass is 35.5.